The summed E-state index contributed by atoms with van der Waals surface area (Å²) in [5.41, 5.74) is 2.52. The van der Waals surface area contributed by atoms with Crippen LogP contribution in [0.5, 0.6) is 11.5 Å². The van der Waals surface area contributed by atoms with E-state index in [2.05, 4.69) is 18.1 Å². The third kappa shape index (κ3) is 3.14. The van der Waals surface area contributed by atoms with Gasteiger partial charge in [0.2, 0.25) is 0 Å². The lowest BCUT2D eigenvalue weighted by atomic mass is 10.1. The molecule has 0 aliphatic heterocycles. The van der Waals surface area contributed by atoms with Gasteiger partial charge in [-0.2, -0.15) is 0 Å². The molecule has 0 N–H and O–H groups in total. The second kappa shape index (κ2) is 6.75. The number of allylic oxidation sites excluding steroid dienone is 4. The first-order valence-electron chi connectivity index (χ1n) is 6.80. The average molecular weight is 281 g/mol. The van der Waals surface area contributed by atoms with Crippen molar-refractivity contribution in [1.82, 2.24) is 4.98 Å². The van der Waals surface area contributed by atoms with Crippen LogP contribution in [-0.4, -0.2) is 18.7 Å². The SMILES string of the molecule is C=C/C=C(\C=C)c1cc(OCC)c2ccc(OC)cc2n1. The van der Waals surface area contributed by atoms with Crippen molar-refractivity contribution in [2.45, 2.75) is 6.92 Å². The van der Waals surface area contributed by atoms with Crippen LogP contribution in [0.4, 0.5) is 0 Å². The van der Waals surface area contributed by atoms with Gasteiger partial charge in [-0.15, -0.1) is 0 Å². The molecule has 3 nitrogen and oxygen atoms in total. The monoisotopic (exact) mass is 281 g/mol. The van der Waals surface area contributed by atoms with Crippen molar-refractivity contribution in [3.05, 3.63) is 61.3 Å². The minimum atomic E-state index is 0.596. The van der Waals surface area contributed by atoms with Gasteiger partial charge in [-0.3, -0.25) is 0 Å². The molecule has 3 heteroatoms. The molecule has 0 bridgehead atoms. The predicted octanol–water partition coefficient (Wildman–Crippen LogP) is 4.40. The maximum Gasteiger partial charge on any atom is 0.130 e. The molecule has 0 amide bonds. The molecule has 2 rings (SSSR count). The lowest BCUT2D eigenvalue weighted by Crippen LogP contribution is -1.97. The third-order valence-electron chi connectivity index (χ3n) is 3.09. The number of fused-ring (bicyclic) bond motifs is 1. The maximum absolute atomic E-state index is 5.74. The van der Waals surface area contributed by atoms with Gasteiger partial charge in [0.1, 0.15) is 11.5 Å². The summed E-state index contributed by atoms with van der Waals surface area (Å²) in [6.07, 6.45) is 5.34. The van der Waals surface area contributed by atoms with Gasteiger partial charge in [-0.05, 0) is 24.6 Å². The molecule has 0 saturated heterocycles. The van der Waals surface area contributed by atoms with Crippen molar-refractivity contribution in [2.24, 2.45) is 0 Å². The molecule has 108 valence electrons. The minimum Gasteiger partial charge on any atom is -0.497 e. The standard InChI is InChI=1S/C18H19NO2/c1-5-8-13(6-2)16-12-18(21-7-3)15-10-9-14(20-4)11-17(15)19-16/h5-6,8-12H,1-2,7H2,3-4H3/b13-8+. The van der Waals surface area contributed by atoms with Crippen molar-refractivity contribution < 1.29 is 9.47 Å². The Morgan fingerprint density at radius 3 is 2.71 bits per heavy atom. The zero-order valence-electron chi connectivity index (χ0n) is 12.4. The van der Waals surface area contributed by atoms with Gasteiger partial charge < -0.3 is 9.47 Å². The van der Waals surface area contributed by atoms with Crippen LogP contribution < -0.4 is 9.47 Å². The Morgan fingerprint density at radius 2 is 2.10 bits per heavy atom. The summed E-state index contributed by atoms with van der Waals surface area (Å²) < 4.78 is 11.0. The number of nitrogens with zero attached hydrogens (tertiary/aromatic N) is 1. The van der Waals surface area contributed by atoms with Crippen molar-refractivity contribution >= 4 is 16.5 Å². The van der Waals surface area contributed by atoms with Gasteiger partial charge in [0.15, 0.2) is 0 Å². The van der Waals surface area contributed by atoms with E-state index in [9.17, 15) is 0 Å². The minimum absolute atomic E-state index is 0.596. The number of benzene rings is 1. The highest BCUT2D eigenvalue weighted by atomic mass is 16.5. The molecule has 0 spiro atoms. The summed E-state index contributed by atoms with van der Waals surface area (Å²) in [5.74, 6) is 1.57. The fraction of sp³-hybridized carbons (Fsp3) is 0.167. The van der Waals surface area contributed by atoms with Gasteiger partial charge in [0, 0.05) is 17.5 Å². The quantitative estimate of drug-likeness (QED) is 0.735. The van der Waals surface area contributed by atoms with Crippen LogP contribution in [0.2, 0.25) is 0 Å². The molecule has 1 aromatic heterocycles. The lowest BCUT2D eigenvalue weighted by Gasteiger charge is -2.11. The van der Waals surface area contributed by atoms with Gasteiger partial charge >= 0.3 is 0 Å². The highest BCUT2D eigenvalue weighted by molar-refractivity contribution is 5.89. The molecule has 1 heterocycles. The van der Waals surface area contributed by atoms with Crippen LogP contribution in [0, 0.1) is 0 Å². The molecule has 0 atom stereocenters. The first-order chi connectivity index (χ1) is 10.2. The van der Waals surface area contributed by atoms with E-state index in [1.165, 1.54) is 0 Å². The van der Waals surface area contributed by atoms with Crippen molar-refractivity contribution in [3.63, 3.8) is 0 Å². The van der Waals surface area contributed by atoms with Crippen molar-refractivity contribution in [3.8, 4) is 11.5 Å². The zero-order chi connectivity index (χ0) is 15.2. The largest absolute Gasteiger partial charge is 0.497 e. The molecule has 21 heavy (non-hydrogen) atoms. The first-order valence-corrected chi connectivity index (χ1v) is 6.80. The van der Waals surface area contributed by atoms with Gasteiger partial charge in [-0.1, -0.05) is 31.4 Å². The van der Waals surface area contributed by atoms with E-state index in [4.69, 9.17) is 9.47 Å². The van der Waals surface area contributed by atoms with E-state index in [-0.39, 0.29) is 0 Å². The highest BCUT2D eigenvalue weighted by Gasteiger charge is 2.09. The van der Waals surface area contributed by atoms with E-state index in [0.717, 1.165) is 33.7 Å². The molecule has 0 saturated carbocycles. The summed E-state index contributed by atoms with van der Waals surface area (Å²) in [4.78, 5) is 4.67. The second-order valence-corrected chi connectivity index (χ2v) is 4.38. The van der Waals surface area contributed by atoms with E-state index >= 15 is 0 Å². The first kappa shape index (κ1) is 14.9. The number of pyridine rings is 1. The average Bonchev–Trinajstić information content (AvgIpc) is 2.52. The van der Waals surface area contributed by atoms with Gasteiger partial charge in [0.25, 0.3) is 0 Å². The smallest absolute Gasteiger partial charge is 0.130 e. The molecular weight excluding hydrogens is 262 g/mol. The van der Waals surface area contributed by atoms with E-state index in [1.54, 1.807) is 19.3 Å². The second-order valence-electron chi connectivity index (χ2n) is 4.38. The molecular formula is C18H19NO2. The molecule has 2 aromatic rings. The number of hydrogen-bond donors (Lipinski definition) is 0. The predicted molar refractivity (Wildman–Crippen MR) is 87.8 cm³/mol. The molecule has 0 fully saturated rings. The van der Waals surface area contributed by atoms with Crippen molar-refractivity contribution in [1.29, 1.82) is 0 Å². The Labute approximate surface area is 125 Å². The lowest BCUT2D eigenvalue weighted by molar-refractivity contribution is 0.344. The summed E-state index contributed by atoms with van der Waals surface area (Å²) in [7, 11) is 1.64. The van der Waals surface area contributed by atoms with Gasteiger partial charge in [0.05, 0.1) is 24.9 Å². The molecule has 0 radical (unpaired) electrons. The molecule has 0 unspecified atom stereocenters. The third-order valence-corrected chi connectivity index (χ3v) is 3.09. The zero-order valence-corrected chi connectivity index (χ0v) is 12.4. The van der Waals surface area contributed by atoms with Crippen LogP contribution >= 0.6 is 0 Å². The van der Waals surface area contributed by atoms with Crippen molar-refractivity contribution in [2.75, 3.05) is 13.7 Å². The van der Waals surface area contributed by atoms with E-state index in [0.29, 0.717) is 6.61 Å². The van der Waals surface area contributed by atoms with Crippen LogP contribution in [0.1, 0.15) is 12.6 Å². The molecule has 1 aromatic carbocycles. The number of methoxy groups -OCH3 is 1. The van der Waals surface area contributed by atoms with E-state index in [1.807, 2.05) is 37.3 Å². The topological polar surface area (TPSA) is 31.4 Å². The fourth-order valence-electron chi connectivity index (χ4n) is 2.11. The summed E-state index contributed by atoms with van der Waals surface area (Å²) in [5, 5.41) is 0.961. The Morgan fingerprint density at radius 1 is 1.29 bits per heavy atom. The number of rotatable bonds is 6. The Balaban J connectivity index is 2.69. The summed E-state index contributed by atoms with van der Waals surface area (Å²) in [6.45, 7) is 10.1. The fourth-order valence-corrected chi connectivity index (χ4v) is 2.11. The number of ether oxygens (including phenoxy) is 2. The van der Waals surface area contributed by atoms with E-state index < -0.39 is 0 Å². The Kier molecular flexibility index (Phi) is 4.77. The maximum atomic E-state index is 5.74. The Bertz CT molecular complexity index is 702. The van der Waals surface area contributed by atoms with Crippen LogP contribution in [0.25, 0.3) is 16.5 Å². The molecule has 0 aliphatic rings. The van der Waals surface area contributed by atoms with Crippen LogP contribution in [0.15, 0.2) is 55.7 Å². The van der Waals surface area contributed by atoms with Gasteiger partial charge in [-0.25, -0.2) is 4.98 Å². The number of aromatic nitrogens is 1. The number of hydrogen-bond acceptors (Lipinski definition) is 3. The normalized spacial score (nSPS) is 11.2. The molecule has 0 aliphatic carbocycles. The Hall–Kier alpha value is -2.55. The summed E-state index contributed by atoms with van der Waals surface area (Å²) in [6, 6.07) is 7.69. The highest BCUT2D eigenvalue weighted by Crippen LogP contribution is 2.30. The van der Waals surface area contributed by atoms with Crippen LogP contribution in [0.3, 0.4) is 0 Å². The summed E-state index contributed by atoms with van der Waals surface area (Å²) >= 11 is 0. The van der Waals surface area contributed by atoms with Crippen LogP contribution in [-0.2, 0) is 0 Å².